The molecular weight excluding hydrogens is 299 g/mol. The van der Waals surface area contributed by atoms with Crippen molar-refractivity contribution in [1.29, 1.82) is 0 Å². The van der Waals surface area contributed by atoms with Crippen molar-refractivity contribution < 1.29 is 9.18 Å². The normalized spacial score (nSPS) is 10.9. The Morgan fingerprint density at radius 3 is 2.25 bits per heavy atom. The van der Waals surface area contributed by atoms with E-state index in [2.05, 4.69) is 12.1 Å². The molecule has 0 bridgehead atoms. The summed E-state index contributed by atoms with van der Waals surface area (Å²) in [6.45, 7) is 0. The third kappa shape index (κ3) is 4.05. The van der Waals surface area contributed by atoms with Crippen LogP contribution < -0.4 is 0 Å². The summed E-state index contributed by atoms with van der Waals surface area (Å²) in [5.41, 5.74) is 3.66. The quantitative estimate of drug-likeness (QED) is 0.460. The monoisotopic (exact) mass is 316 g/mol. The van der Waals surface area contributed by atoms with Gasteiger partial charge in [0.25, 0.3) is 0 Å². The van der Waals surface area contributed by atoms with E-state index in [4.69, 9.17) is 0 Å². The number of hydrogen-bond donors (Lipinski definition) is 0. The van der Waals surface area contributed by atoms with Crippen LogP contribution >= 0.6 is 0 Å². The number of allylic oxidation sites excluding steroid dienone is 1. The standard InChI is InChI=1S/C22H17FO/c23-20-13-10-17(11-14-20)12-15-22(24)21-9-5-4-8-19(21)16-18-6-2-1-3-7-18/h1-15H,16H2. The molecule has 0 atom stereocenters. The highest BCUT2D eigenvalue weighted by molar-refractivity contribution is 6.07. The molecule has 0 unspecified atom stereocenters. The molecule has 24 heavy (non-hydrogen) atoms. The molecule has 1 nitrogen and oxygen atoms in total. The summed E-state index contributed by atoms with van der Waals surface area (Å²) in [6, 6.07) is 23.8. The number of rotatable bonds is 5. The number of benzene rings is 3. The van der Waals surface area contributed by atoms with Crippen molar-refractivity contribution in [1.82, 2.24) is 0 Å². The maximum absolute atomic E-state index is 12.9. The highest BCUT2D eigenvalue weighted by atomic mass is 19.1. The van der Waals surface area contributed by atoms with Crippen LogP contribution in [0.4, 0.5) is 4.39 Å². The summed E-state index contributed by atoms with van der Waals surface area (Å²) in [5.74, 6) is -0.336. The van der Waals surface area contributed by atoms with Gasteiger partial charge in [-0.15, -0.1) is 0 Å². The SMILES string of the molecule is O=C(C=Cc1ccc(F)cc1)c1ccccc1Cc1ccccc1. The summed E-state index contributed by atoms with van der Waals surface area (Å²) in [5, 5.41) is 0. The predicted octanol–water partition coefficient (Wildman–Crippen LogP) is 5.31. The molecule has 0 N–H and O–H groups in total. The van der Waals surface area contributed by atoms with Crippen LogP contribution in [-0.4, -0.2) is 5.78 Å². The zero-order valence-corrected chi connectivity index (χ0v) is 13.2. The van der Waals surface area contributed by atoms with Crippen LogP contribution in [0.5, 0.6) is 0 Å². The van der Waals surface area contributed by atoms with Crippen LogP contribution in [0.15, 0.2) is 84.9 Å². The van der Waals surface area contributed by atoms with Gasteiger partial charge in [0.05, 0.1) is 0 Å². The Morgan fingerprint density at radius 1 is 0.833 bits per heavy atom. The maximum atomic E-state index is 12.9. The number of ketones is 1. The van der Waals surface area contributed by atoms with Crippen molar-refractivity contribution in [2.45, 2.75) is 6.42 Å². The Labute approximate surface area is 141 Å². The van der Waals surface area contributed by atoms with Gasteiger partial charge < -0.3 is 0 Å². The van der Waals surface area contributed by atoms with Gasteiger partial charge in [-0.2, -0.15) is 0 Å². The molecule has 0 heterocycles. The Morgan fingerprint density at radius 2 is 1.50 bits per heavy atom. The highest BCUT2D eigenvalue weighted by Gasteiger charge is 2.08. The van der Waals surface area contributed by atoms with Crippen LogP contribution in [0.1, 0.15) is 27.0 Å². The topological polar surface area (TPSA) is 17.1 Å². The molecule has 0 saturated carbocycles. The molecule has 0 amide bonds. The number of halogens is 1. The van der Waals surface area contributed by atoms with E-state index in [0.717, 1.165) is 11.1 Å². The third-order valence-corrected chi connectivity index (χ3v) is 3.82. The van der Waals surface area contributed by atoms with E-state index in [1.165, 1.54) is 23.8 Å². The average Bonchev–Trinajstić information content (AvgIpc) is 2.62. The van der Waals surface area contributed by atoms with Crippen molar-refractivity contribution >= 4 is 11.9 Å². The summed E-state index contributed by atoms with van der Waals surface area (Å²) >= 11 is 0. The Hall–Kier alpha value is -3.00. The third-order valence-electron chi connectivity index (χ3n) is 3.82. The molecule has 3 aromatic carbocycles. The molecule has 0 aromatic heterocycles. The van der Waals surface area contributed by atoms with Crippen LogP contribution in [0.2, 0.25) is 0 Å². The van der Waals surface area contributed by atoms with Gasteiger partial charge in [-0.05, 0) is 41.3 Å². The first-order valence-corrected chi connectivity index (χ1v) is 7.82. The molecule has 0 aliphatic rings. The van der Waals surface area contributed by atoms with E-state index in [0.29, 0.717) is 12.0 Å². The lowest BCUT2D eigenvalue weighted by molar-refractivity contribution is 0.104. The molecule has 118 valence electrons. The van der Waals surface area contributed by atoms with Gasteiger partial charge in [-0.3, -0.25) is 4.79 Å². The first-order chi connectivity index (χ1) is 11.7. The second-order valence-corrected chi connectivity index (χ2v) is 5.57. The zero-order valence-electron chi connectivity index (χ0n) is 13.2. The molecular formula is C22H17FO. The van der Waals surface area contributed by atoms with Crippen LogP contribution in [0.3, 0.4) is 0 Å². The van der Waals surface area contributed by atoms with E-state index in [-0.39, 0.29) is 11.6 Å². The lowest BCUT2D eigenvalue weighted by Crippen LogP contribution is -2.01. The Kier molecular flexibility index (Phi) is 4.97. The van der Waals surface area contributed by atoms with E-state index < -0.39 is 0 Å². The fourth-order valence-corrected chi connectivity index (χ4v) is 2.57. The van der Waals surface area contributed by atoms with Crippen LogP contribution in [-0.2, 0) is 6.42 Å². The fraction of sp³-hybridized carbons (Fsp3) is 0.0455. The summed E-state index contributed by atoms with van der Waals surface area (Å²) in [6.07, 6.45) is 3.96. The lowest BCUT2D eigenvalue weighted by Gasteiger charge is -2.07. The van der Waals surface area contributed by atoms with Gasteiger partial charge in [0.1, 0.15) is 5.82 Å². The zero-order chi connectivity index (χ0) is 16.8. The van der Waals surface area contributed by atoms with Crippen molar-refractivity contribution in [3.63, 3.8) is 0 Å². The van der Waals surface area contributed by atoms with Gasteiger partial charge in [-0.1, -0.05) is 72.8 Å². The van der Waals surface area contributed by atoms with Crippen LogP contribution in [0.25, 0.3) is 6.08 Å². The number of carbonyl (C=O) groups is 1. The molecule has 0 fully saturated rings. The first kappa shape index (κ1) is 15.9. The molecule has 2 heteroatoms. The van der Waals surface area contributed by atoms with E-state index in [1.807, 2.05) is 42.5 Å². The summed E-state index contributed by atoms with van der Waals surface area (Å²) in [4.78, 5) is 12.5. The smallest absolute Gasteiger partial charge is 0.186 e. The molecule has 0 aliphatic carbocycles. The van der Waals surface area contributed by atoms with Crippen molar-refractivity contribution in [3.05, 3.63) is 113 Å². The van der Waals surface area contributed by atoms with Gasteiger partial charge in [0.2, 0.25) is 0 Å². The second-order valence-electron chi connectivity index (χ2n) is 5.57. The predicted molar refractivity (Wildman–Crippen MR) is 95.5 cm³/mol. The minimum atomic E-state index is -0.285. The largest absolute Gasteiger partial charge is 0.289 e. The summed E-state index contributed by atoms with van der Waals surface area (Å²) < 4.78 is 12.9. The summed E-state index contributed by atoms with van der Waals surface area (Å²) in [7, 11) is 0. The minimum Gasteiger partial charge on any atom is -0.289 e. The van der Waals surface area contributed by atoms with E-state index in [9.17, 15) is 9.18 Å². The molecule has 0 spiro atoms. The Balaban J connectivity index is 1.81. The van der Waals surface area contributed by atoms with Crippen molar-refractivity contribution in [3.8, 4) is 0 Å². The molecule has 3 rings (SSSR count). The molecule has 3 aromatic rings. The van der Waals surface area contributed by atoms with Crippen molar-refractivity contribution in [2.75, 3.05) is 0 Å². The van der Waals surface area contributed by atoms with Gasteiger partial charge in [0, 0.05) is 5.56 Å². The maximum Gasteiger partial charge on any atom is 0.186 e. The minimum absolute atomic E-state index is 0.0501. The van der Waals surface area contributed by atoms with E-state index >= 15 is 0 Å². The lowest BCUT2D eigenvalue weighted by atomic mass is 9.97. The van der Waals surface area contributed by atoms with Gasteiger partial charge >= 0.3 is 0 Å². The Bertz CT molecular complexity index is 849. The van der Waals surface area contributed by atoms with Crippen molar-refractivity contribution in [2.24, 2.45) is 0 Å². The molecule has 0 radical (unpaired) electrons. The second kappa shape index (κ2) is 7.51. The number of carbonyl (C=O) groups excluding carboxylic acids is 1. The first-order valence-electron chi connectivity index (χ1n) is 7.82. The fourth-order valence-electron chi connectivity index (χ4n) is 2.57. The highest BCUT2D eigenvalue weighted by Crippen LogP contribution is 2.16. The average molecular weight is 316 g/mol. The number of hydrogen-bond acceptors (Lipinski definition) is 1. The van der Waals surface area contributed by atoms with Crippen LogP contribution in [0, 0.1) is 5.82 Å². The van der Waals surface area contributed by atoms with Gasteiger partial charge in [-0.25, -0.2) is 4.39 Å². The van der Waals surface area contributed by atoms with Gasteiger partial charge in [0.15, 0.2) is 5.78 Å². The molecule has 0 saturated heterocycles. The molecule has 0 aliphatic heterocycles. The van der Waals surface area contributed by atoms with E-state index in [1.54, 1.807) is 18.2 Å².